The third-order valence-electron chi connectivity index (χ3n) is 4.24. The summed E-state index contributed by atoms with van der Waals surface area (Å²) in [5.41, 5.74) is 1.41. The molecule has 0 aromatic heterocycles. The van der Waals surface area contributed by atoms with Crippen molar-refractivity contribution >= 4 is 0 Å². The van der Waals surface area contributed by atoms with Crippen LogP contribution in [0.2, 0.25) is 0 Å². The average molecular weight is 260 g/mol. The highest BCUT2D eigenvalue weighted by atomic mass is 15.2. The van der Waals surface area contributed by atoms with E-state index in [0.29, 0.717) is 12.1 Å². The molecule has 1 aliphatic carbocycles. The van der Waals surface area contributed by atoms with Crippen LogP contribution in [-0.2, 0) is 0 Å². The van der Waals surface area contributed by atoms with Gasteiger partial charge in [0.15, 0.2) is 0 Å². The molecule has 0 spiro atoms. The maximum Gasteiger partial charge on any atom is 0.0475 e. The Morgan fingerprint density at radius 1 is 1.21 bits per heavy atom. The number of nitrogens with one attached hydrogen (secondary N) is 1. The van der Waals surface area contributed by atoms with E-state index in [0.717, 1.165) is 19.0 Å². The minimum Gasteiger partial charge on any atom is -0.309 e. The fraction of sp³-hybridized carbons (Fsp3) is 0.647. The van der Waals surface area contributed by atoms with Gasteiger partial charge in [-0.05, 0) is 44.3 Å². The van der Waals surface area contributed by atoms with Gasteiger partial charge in [0, 0.05) is 18.6 Å². The van der Waals surface area contributed by atoms with Crippen molar-refractivity contribution in [2.75, 3.05) is 19.6 Å². The zero-order valence-electron chi connectivity index (χ0n) is 12.6. The molecule has 0 amide bonds. The van der Waals surface area contributed by atoms with Crippen molar-refractivity contribution in [3.63, 3.8) is 0 Å². The van der Waals surface area contributed by atoms with Crippen LogP contribution >= 0.6 is 0 Å². The van der Waals surface area contributed by atoms with E-state index in [4.69, 9.17) is 0 Å². The molecule has 1 saturated carbocycles. The van der Waals surface area contributed by atoms with Gasteiger partial charge < -0.3 is 5.32 Å². The van der Waals surface area contributed by atoms with E-state index in [2.05, 4.69) is 61.3 Å². The quantitative estimate of drug-likeness (QED) is 0.770. The third-order valence-corrected chi connectivity index (χ3v) is 4.24. The fourth-order valence-corrected chi connectivity index (χ4v) is 2.87. The second kappa shape index (κ2) is 7.06. The fourth-order valence-electron chi connectivity index (χ4n) is 2.87. The molecule has 2 rings (SSSR count). The lowest BCUT2D eigenvalue weighted by Crippen LogP contribution is -2.43. The molecular weight excluding hydrogens is 232 g/mol. The maximum absolute atomic E-state index is 3.67. The van der Waals surface area contributed by atoms with Gasteiger partial charge in [-0.1, -0.05) is 44.2 Å². The van der Waals surface area contributed by atoms with Gasteiger partial charge in [0.05, 0.1) is 0 Å². The number of likely N-dealkylation sites (N-methyl/N-ethyl adjacent to an activating group) is 2. The normalized spacial score (nSPS) is 18.5. The summed E-state index contributed by atoms with van der Waals surface area (Å²) in [7, 11) is 0. The monoisotopic (exact) mass is 260 g/mol. The minimum atomic E-state index is 0.435. The van der Waals surface area contributed by atoms with Gasteiger partial charge in [-0.3, -0.25) is 4.90 Å². The summed E-state index contributed by atoms with van der Waals surface area (Å²) in [5.74, 6) is 0.959. The van der Waals surface area contributed by atoms with E-state index >= 15 is 0 Å². The molecule has 1 aliphatic rings. The van der Waals surface area contributed by atoms with E-state index in [9.17, 15) is 0 Å². The highest BCUT2D eigenvalue weighted by molar-refractivity contribution is 5.20. The molecule has 1 fully saturated rings. The van der Waals surface area contributed by atoms with Crippen LogP contribution in [0.25, 0.3) is 0 Å². The first kappa shape index (κ1) is 14.5. The highest BCUT2D eigenvalue weighted by Gasteiger charge is 2.29. The van der Waals surface area contributed by atoms with Crippen molar-refractivity contribution in [2.24, 2.45) is 5.92 Å². The molecule has 106 valence electrons. The summed E-state index contributed by atoms with van der Waals surface area (Å²) in [6, 6.07) is 11.9. The minimum absolute atomic E-state index is 0.435. The number of benzene rings is 1. The number of hydrogen-bond donors (Lipinski definition) is 1. The van der Waals surface area contributed by atoms with E-state index < -0.39 is 0 Å². The van der Waals surface area contributed by atoms with Crippen LogP contribution in [0.15, 0.2) is 30.3 Å². The molecule has 1 N–H and O–H groups in total. The molecular formula is C17H28N2. The highest BCUT2D eigenvalue weighted by Crippen LogP contribution is 2.31. The Hall–Kier alpha value is -0.860. The van der Waals surface area contributed by atoms with E-state index in [1.165, 1.54) is 24.9 Å². The first-order valence-corrected chi connectivity index (χ1v) is 7.78. The summed E-state index contributed by atoms with van der Waals surface area (Å²) >= 11 is 0. The Morgan fingerprint density at radius 2 is 1.89 bits per heavy atom. The van der Waals surface area contributed by atoms with Gasteiger partial charge in [-0.2, -0.15) is 0 Å². The second-order valence-electron chi connectivity index (χ2n) is 5.72. The first-order chi connectivity index (χ1) is 9.26. The van der Waals surface area contributed by atoms with Crippen LogP contribution in [0.4, 0.5) is 0 Å². The number of nitrogens with zero attached hydrogens (tertiary/aromatic N) is 1. The van der Waals surface area contributed by atoms with Gasteiger partial charge in [-0.15, -0.1) is 0 Å². The lowest BCUT2D eigenvalue weighted by molar-refractivity contribution is 0.171. The lowest BCUT2D eigenvalue weighted by atomic mass is 9.98. The molecule has 2 nitrogen and oxygen atoms in total. The van der Waals surface area contributed by atoms with Gasteiger partial charge in [-0.25, -0.2) is 0 Å². The molecule has 2 unspecified atom stereocenters. The van der Waals surface area contributed by atoms with Crippen LogP contribution < -0.4 is 5.32 Å². The summed E-state index contributed by atoms with van der Waals surface area (Å²) in [5, 5.41) is 3.67. The molecule has 0 radical (unpaired) electrons. The lowest BCUT2D eigenvalue weighted by Gasteiger charge is -2.35. The van der Waals surface area contributed by atoms with Crippen molar-refractivity contribution in [1.29, 1.82) is 0 Å². The van der Waals surface area contributed by atoms with Crippen molar-refractivity contribution < 1.29 is 0 Å². The molecule has 0 bridgehead atoms. The zero-order chi connectivity index (χ0) is 13.7. The van der Waals surface area contributed by atoms with Crippen LogP contribution in [0.1, 0.15) is 45.2 Å². The third kappa shape index (κ3) is 4.05. The Morgan fingerprint density at radius 3 is 2.42 bits per heavy atom. The zero-order valence-corrected chi connectivity index (χ0v) is 12.6. The van der Waals surface area contributed by atoms with Gasteiger partial charge in [0.2, 0.25) is 0 Å². The number of rotatable bonds is 8. The summed E-state index contributed by atoms with van der Waals surface area (Å²) < 4.78 is 0. The summed E-state index contributed by atoms with van der Waals surface area (Å²) in [4.78, 5) is 2.64. The second-order valence-corrected chi connectivity index (χ2v) is 5.72. The van der Waals surface area contributed by atoms with E-state index in [1.54, 1.807) is 0 Å². The first-order valence-electron chi connectivity index (χ1n) is 7.78. The van der Waals surface area contributed by atoms with Gasteiger partial charge in [0.1, 0.15) is 0 Å². The van der Waals surface area contributed by atoms with Crippen molar-refractivity contribution in [3.8, 4) is 0 Å². The molecule has 0 aliphatic heterocycles. The van der Waals surface area contributed by atoms with Crippen molar-refractivity contribution in [2.45, 2.75) is 45.7 Å². The molecule has 2 atom stereocenters. The SMILES string of the molecule is CCNC(c1ccccc1)C(C)N(CC)CC1CC1. The summed E-state index contributed by atoms with van der Waals surface area (Å²) in [6.07, 6.45) is 2.86. The smallest absolute Gasteiger partial charge is 0.0475 e. The maximum atomic E-state index is 3.67. The van der Waals surface area contributed by atoms with Crippen LogP contribution in [0, 0.1) is 5.92 Å². The van der Waals surface area contributed by atoms with Crippen molar-refractivity contribution in [3.05, 3.63) is 35.9 Å². The van der Waals surface area contributed by atoms with Gasteiger partial charge >= 0.3 is 0 Å². The standard InChI is InChI=1S/C17H28N2/c1-4-18-17(16-9-7-6-8-10-16)14(3)19(5-2)13-15-11-12-15/h6-10,14-15,17-18H,4-5,11-13H2,1-3H3. The molecule has 2 heteroatoms. The predicted octanol–water partition coefficient (Wildman–Crippen LogP) is 3.46. The predicted molar refractivity (Wildman–Crippen MR) is 82.3 cm³/mol. The average Bonchev–Trinajstić information content (AvgIpc) is 3.26. The van der Waals surface area contributed by atoms with E-state index in [-0.39, 0.29) is 0 Å². The molecule has 1 aromatic carbocycles. The van der Waals surface area contributed by atoms with Crippen molar-refractivity contribution in [1.82, 2.24) is 10.2 Å². The summed E-state index contributed by atoms with van der Waals surface area (Å²) in [6.45, 7) is 10.3. The topological polar surface area (TPSA) is 15.3 Å². The van der Waals surface area contributed by atoms with E-state index in [1.807, 2.05) is 0 Å². The van der Waals surface area contributed by atoms with Gasteiger partial charge in [0.25, 0.3) is 0 Å². The molecule has 0 saturated heterocycles. The molecule has 19 heavy (non-hydrogen) atoms. The molecule has 1 aromatic rings. The Labute approximate surface area is 118 Å². The Balaban J connectivity index is 2.07. The molecule has 0 heterocycles. The van der Waals surface area contributed by atoms with Crippen LogP contribution in [0.3, 0.4) is 0 Å². The Kier molecular flexibility index (Phi) is 5.41. The van der Waals surface area contributed by atoms with Crippen LogP contribution in [-0.4, -0.2) is 30.6 Å². The Bertz CT molecular complexity index is 359. The van der Waals surface area contributed by atoms with Crippen LogP contribution in [0.5, 0.6) is 0 Å². The number of hydrogen-bond acceptors (Lipinski definition) is 2. The largest absolute Gasteiger partial charge is 0.309 e.